The molecule has 0 bridgehead atoms. The summed E-state index contributed by atoms with van der Waals surface area (Å²) in [5.41, 5.74) is 5.37. The highest BCUT2D eigenvalue weighted by Crippen LogP contribution is 2.30. The quantitative estimate of drug-likeness (QED) is 0.853. The minimum atomic E-state index is -4.58. The zero-order chi connectivity index (χ0) is 19.4. The normalized spacial score (nSPS) is 17.0. The highest BCUT2D eigenvalue weighted by atomic mass is 19.4. The van der Waals surface area contributed by atoms with Crippen LogP contribution in [0.2, 0.25) is 0 Å². The number of para-hydroxylation sites is 1. The first kappa shape index (κ1) is 19.0. The van der Waals surface area contributed by atoms with E-state index in [1.165, 1.54) is 6.07 Å². The van der Waals surface area contributed by atoms with Crippen molar-refractivity contribution in [3.63, 3.8) is 0 Å². The summed E-state index contributed by atoms with van der Waals surface area (Å²) in [5, 5.41) is 2.77. The first-order valence-corrected chi connectivity index (χ1v) is 8.41. The molecule has 1 aliphatic heterocycles. The third-order valence-corrected chi connectivity index (χ3v) is 4.13. The lowest BCUT2D eigenvalue weighted by atomic mass is 10.2. The average molecular weight is 380 g/mol. The number of nitrogens with zero attached hydrogens (tertiary/aromatic N) is 2. The number of urea groups is 1. The molecular weight excluding hydrogens is 361 g/mol. The van der Waals surface area contributed by atoms with Crippen LogP contribution in [0, 0.1) is 0 Å². The number of carbonyl (C=O) groups is 1. The van der Waals surface area contributed by atoms with E-state index in [1.807, 2.05) is 6.07 Å². The minimum absolute atomic E-state index is 0.0573. The van der Waals surface area contributed by atoms with Crippen LogP contribution in [0.1, 0.15) is 17.7 Å². The van der Waals surface area contributed by atoms with E-state index in [0.29, 0.717) is 18.7 Å². The minimum Gasteiger partial charge on any atom is -0.472 e. The van der Waals surface area contributed by atoms with Crippen LogP contribution in [0.5, 0.6) is 5.88 Å². The molecule has 0 spiro atoms. The molecule has 0 aliphatic carbocycles. The molecule has 1 fully saturated rings. The number of rotatable bonds is 4. The predicted molar refractivity (Wildman–Crippen MR) is 93.2 cm³/mol. The van der Waals surface area contributed by atoms with E-state index in [2.05, 4.69) is 10.3 Å². The van der Waals surface area contributed by atoms with Gasteiger partial charge in [0.2, 0.25) is 5.88 Å². The number of amides is 2. The van der Waals surface area contributed by atoms with E-state index in [4.69, 9.17) is 10.5 Å². The molecular formula is C18H19F3N4O2. The Labute approximate surface area is 154 Å². The number of aromatic nitrogens is 1. The van der Waals surface area contributed by atoms with Crippen molar-refractivity contribution in [2.75, 3.05) is 18.4 Å². The first-order chi connectivity index (χ1) is 12.8. The third-order valence-electron chi connectivity index (χ3n) is 4.13. The lowest BCUT2D eigenvalue weighted by molar-refractivity contribution is -0.141. The number of hydrogen-bond donors (Lipinski definition) is 2. The first-order valence-electron chi connectivity index (χ1n) is 8.41. The summed E-state index contributed by atoms with van der Waals surface area (Å²) in [4.78, 5) is 17.4. The molecule has 1 saturated heterocycles. The molecule has 2 aromatic rings. The van der Waals surface area contributed by atoms with Gasteiger partial charge in [-0.3, -0.25) is 0 Å². The number of likely N-dealkylation sites (tertiary alicyclic amines) is 1. The Balaban J connectivity index is 1.63. The van der Waals surface area contributed by atoms with Crippen LogP contribution < -0.4 is 15.8 Å². The maximum absolute atomic E-state index is 13.0. The second-order valence-electron chi connectivity index (χ2n) is 6.17. The molecule has 1 atom stereocenters. The topological polar surface area (TPSA) is 80.5 Å². The number of nitrogens with one attached hydrogen (secondary N) is 1. The summed E-state index contributed by atoms with van der Waals surface area (Å²) in [7, 11) is 0. The van der Waals surface area contributed by atoms with E-state index in [0.717, 1.165) is 6.07 Å². The number of nitrogens with two attached hydrogens (primary N) is 1. The van der Waals surface area contributed by atoms with Gasteiger partial charge >= 0.3 is 12.2 Å². The smallest absolute Gasteiger partial charge is 0.433 e. The second-order valence-corrected chi connectivity index (χ2v) is 6.17. The van der Waals surface area contributed by atoms with Gasteiger partial charge in [0, 0.05) is 31.3 Å². The van der Waals surface area contributed by atoms with Crippen molar-refractivity contribution >= 4 is 11.7 Å². The van der Waals surface area contributed by atoms with Crippen molar-refractivity contribution in [1.82, 2.24) is 9.88 Å². The van der Waals surface area contributed by atoms with Crippen LogP contribution in [0.15, 0.2) is 42.5 Å². The number of carbonyl (C=O) groups excluding carboxylic acids is 1. The van der Waals surface area contributed by atoms with Crippen molar-refractivity contribution in [2.45, 2.75) is 25.2 Å². The van der Waals surface area contributed by atoms with Crippen molar-refractivity contribution < 1.29 is 22.7 Å². The van der Waals surface area contributed by atoms with Crippen LogP contribution in [0.4, 0.5) is 23.7 Å². The van der Waals surface area contributed by atoms with E-state index in [9.17, 15) is 18.0 Å². The van der Waals surface area contributed by atoms with Gasteiger partial charge in [-0.1, -0.05) is 18.2 Å². The summed E-state index contributed by atoms with van der Waals surface area (Å²) < 4.78 is 44.5. The van der Waals surface area contributed by atoms with Gasteiger partial charge < -0.3 is 20.7 Å². The van der Waals surface area contributed by atoms with Crippen LogP contribution in [0.3, 0.4) is 0 Å². The molecule has 2 heterocycles. The number of pyridine rings is 1. The highest BCUT2D eigenvalue weighted by molar-refractivity contribution is 5.89. The summed E-state index contributed by atoms with van der Waals surface area (Å²) in [6.07, 6.45) is -4.52. The number of halogens is 3. The zero-order valence-electron chi connectivity index (χ0n) is 14.4. The third kappa shape index (κ3) is 4.88. The van der Waals surface area contributed by atoms with E-state index in [1.54, 1.807) is 29.2 Å². The Morgan fingerprint density at radius 3 is 2.70 bits per heavy atom. The molecule has 3 N–H and O–H groups in total. The molecule has 2 amide bonds. The molecule has 1 unspecified atom stereocenters. The number of alkyl halides is 3. The van der Waals surface area contributed by atoms with E-state index in [-0.39, 0.29) is 30.6 Å². The molecule has 1 aliphatic rings. The van der Waals surface area contributed by atoms with Gasteiger partial charge in [-0.25, -0.2) is 9.78 Å². The van der Waals surface area contributed by atoms with Gasteiger partial charge in [0.05, 0.1) is 6.54 Å². The maximum Gasteiger partial charge on any atom is 0.433 e. The number of benzene rings is 1. The van der Waals surface area contributed by atoms with Gasteiger partial charge in [0.15, 0.2) is 0 Å². The van der Waals surface area contributed by atoms with Gasteiger partial charge in [0.25, 0.3) is 0 Å². The Hall–Kier alpha value is -2.81. The molecule has 9 heteroatoms. The number of hydrogen-bond acceptors (Lipinski definition) is 4. The van der Waals surface area contributed by atoms with Crippen LogP contribution in [-0.2, 0) is 12.7 Å². The monoisotopic (exact) mass is 380 g/mol. The Morgan fingerprint density at radius 2 is 2.04 bits per heavy atom. The lowest BCUT2D eigenvalue weighted by Crippen LogP contribution is -2.34. The molecule has 3 rings (SSSR count). The second kappa shape index (κ2) is 7.83. The van der Waals surface area contributed by atoms with Gasteiger partial charge in [-0.05, 0) is 23.8 Å². The van der Waals surface area contributed by atoms with Crippen molar-refractivity contribution in [2.24, 2.45) is 5.73 Å². The summed E-state index contributed by atoms with van der Waals surface area (Å²) >= 11 is 0. The maximum atomic E-state index is 13.0. The van der Waals surface area contributed by atoms with Crippen LogP contribution >= 0.6 is 0 Å². The lowest BCUT2D eigenvalue weighted by Gasteiger charge is -2.18. The fraction of sp³-hybridized carbons (Fsp3) is 0.333. The van der Waals surface area contributed by atoms with Crippen LogP contribution in [0.25, 0.3) is 0 Å². The number of ether oxygens (including phenoxy) is 1. The highest BCUT2D eigenvalue weighted by Gasteiger charge is 2.34. The summed E-state index contributed by atoms with van der Waals surface area (Å²) in [6.45, 7) is 0.638. The molecule has 1 aromatic carbocycles. The molecule has 0 saturated carbocycles. The average Bonchev–Trinajstić information content (AvgIpc) is 3.10. The Kier molecular flexibility index (Phi) is 5.50. The Bertz CT molecular complexity index is 799. The molecule has 144 valence electrons. The standard InChI is InChI=1S/C18H19F3N4O2/c19-18(20,21)15-8-12(10-22)9-16(24-15)27-14-6-7-25(11-14)17(26)23-13-4-2-1-3-5-13/h1-5,8-9,14H,6-7,10-11,22H2,(H,23,26). The molecule has 6 nitrogen and oxygen atoms in total. The molecule has 0 radical (unpaired) electrons. The van der Waals surface area contributed by atoms with E-state index < -0.39 is 18.0 Å². The Morgan fingerprint density at radius 1 is 1.30 bits per heavy atom. The van der Waals surface area contributed by atoms with E-state index >= 15 is 0 Å². The van der Waals surface area contributed by atoms with Crippen molar-refractivity contribution in [3.05, 3.63) is 53.7 Å². The zero-order valence-corrected chi connectivity index (χ0v) is 14.4. The SMILES string of the molecule is NCc1cc(OC2CCN(C(=O)Nc3ccccc3)C2)nc(C(F)(F)F)c1. The molecule has 1 aromatic heterocycles. The fourth-order valence-corrected chi connectivity index (χ4v) is 2.79. The van der Waals surface area contributed by atoms with Gasteiger partial charge in [-0.15, -0.1) is 0 Å². The van der Waals surface area contributed by atoms with Gasteiger partial charge in [0.1, 0.15) is 11.8 Å². The molecule has 27 heavy (non-hydrogen) atoms. The van der Waals surface area contributed by atoms with Gasteiger partial charge in [-0.2, -0.15) is 13.2 Å². The summed E-state index contributed by atoms with van der Waals surface area (Å²) in [5.74, 6) is -0.138. The largest absolute Gasteiger partial charge is 0.472 e. The summed E-state index contributed by atoms with van der Waals surface area (Å²) in [6, 6.07) is 11.0. The van der Waals surface area contributed by atoms with Crippen molar-refractivity contribution in [1.29, 1.82) is 0 Å². The van der Waals surface area contributed by atoms with Crippen molar-refractivity contribution in [3.8, 4) is 5.88 Å². The van der Waals surface area contributed by atoms with Crippen LogP contribution in [-0.4, -0.2) is 35.1 Å². The predicted octanol–water partition coefficient (Wildman–Crippen LogP) is 3.24. The fourth-order valence-electron chi connectivity index (χ4n) is 2.79. The number of anilines is 1.